The predicted octanol–water partition coefficient (Wildman–Crippen LogP) is 5.15. The number of nitrogens with one attached hydrogen (secondary N) is 1. The van der Waals surface area contributed by atoms with Gasteiger partial charge in [-0.1, -0.05) is 60.5 Å². The van der Waals surface area contributed by atoms with E-state index in [2.05, 4.69) is 5.32 Å². The first kappa shape index (κ1) is 31.7. The van der Waals surface area contributed by atoms with Crippen LogP contribution in [0.1, 0.15) is 49.4 Å². The number of amides is 2. The molecule has 0 spiro atoms. The minimum atomic E-state index is -4.19. The van der Waals surface area contributed by atoms with Crippen LogP contribution in [0.15, 0.2) is 71.6 Å². The van der Waals surface area contributed by atoms with Crippen molar-refractivity contribution >= 4 is 27.5 Å². The van der Waals surface area contributed by atoms with Crippen molar-refractivity contribution < 1.29 is 22.7 Å². The first-order chi connectivity index (χ1) is 19.4. The Morgan fingerprint density at radius 3 is 2.12 bits per heavy atom. The molecule has 3 aromatic carbocycles. The summed E-state index contributed by atoms with van der Waals surface area (Å²) in [6.07, 6.45) is 0.356. The molecule has 1 atom stereocenters. The zero-order valence-electron chi connectivity index (χ0n) is 25.0. The zero-order valence-corrected chi connectivity index (χ0v) is 25.8. The van der Waals surface area contributed by atoms with E-state index in [9.17, 15) is 18.0 Å². The van der Waals surface area contributed by atoms with Gasteiger partial charge in [0.05, 0.1) is 17.7 Å². The fraction of sp³-hybridized carbons (Fsp3) is 0.375. The third kappa shape index (κ3) is 7.88. The second-order valence-electron chi connectivity index (χ2n) is 10.6. The molecule has 0 aliphatic rings. The number of benzene rings is 3. The molecule has 0 aromatic heterocycles. The Morgan fingerprint density at radius 2 is 1.54 bits per heavy atom. The predicted molar refractivity (Wildman–Crippen MR) is 163 cm³/mol. The number of methoxy groups -OCH3 is 1. The molecule has 0 bridgehead atoms. The molecule has 0 saturated carbocycles. The van der Waals surface area contributed by atoms with Crippen LogP contribution < -0.4 is 14.4 Å². The van der Waals surface area contributed by atoms with E-state index in [0.717, 1.165) is 26.6 Å². The van der Waals surface area contributed by atoms with Crippen LogP contribution in [0.25, 0.3) is 0 Å². The standard InChI is InChI=1S/C32H41N3O5S/c1-8-28(32(37)33-22(2)3)34(20-26-11-9-10-24(5)18-26)31(36)21-35(29-19-25(6)14-17-30(29)40-7)41(38,39)27-15-12-23(4)13-16-27/h9-19,22,28H,8,20-21H2,1-7H3,(H,33,37). The average Bonchev–Trinajstić information content (AvgIpc) is 2.91. The van der Waals surface area contributed by atoms with Gasteiger partial charge >= 0.3 is 0 Å². The van der Waals surface area contributed by atoms with Gasteiger partial charge in [-0.3, -0.25) is 13.9 Å². The molecule has 41 heavy (non-hydrogen) atoms. The number of sulfonamides is 1. The summed E-state index contributed by atoms with van der Waals surface area (Å²) in [6.45, 7) is 10.9. The normalized spacial score (nSPS) is 12.1. The minimum Gasteiger partial charge on any atom is -0.495 e. The highest BCUT2D eigenvalue weighted by atomic mass is 32.2. The average molecular weight is 580 g/mol. The molecule has 0 fully saturated rings. The van der Waals surface area contributed by atoms with Crippen molar-refractivity contribution in [3.63, 3.8) is 0 Å². The van der Waals surface area contributed by atoms with E-state index >= 15 is 0 Å². The molecule has 1 N–H and O–H groups in total. The van der Waals surface area contributed by atoms with Crippen LogP contribution in [0.2, 0.25) is 0 Å². The fourth-order valence-corrected chi connectivity index (χ4v) is 6.07. The Balaban J connectivity index is 2.14. The first-order valence-corrected chi connectivity index (χ1v) is 15.2. The maximum absolute atomic E-state index is 14.2. The van der Waals surface area contributed by atoms with E-state index in [1.807, 2.05) is 71.9 Å². The Labute approximate surface area is 244 Å². The van der Waals surface area contributed by atoms with E-state index in [4.69, 9.17) is 4.74 Å². The lowest BCUT2D eigenvalue weighted by atomic mass is 10.1. The molecule has 1 unspecified atom stereocenters. The first-order valence-electron chi connectivity index (χ1n) is 13.8. The molecule has 0 radical (unpaired) electrons. The lowest BCUT2D eigenvalue weighted by Crippen LogP contribution is -2.53. The summed E-state index contributed by atoms with van der Waals surface area (Å²) in [5, 5.41) is 2.91. The SMILES string of the molecule is CCC(C(=O)NC(C)C)N(Cc1cccc(C)c1)C(=O)CN(c1cc(C)ccc1OC)S(=O)(=O)c1ccc(C)cc1. The molecule has 0 saturated heterocycles. The molecule has 0 aliphatic carbocycles. The Morgan fingerprint density at radius 1 is 0.902 bits per heavy atom. The van der Waals surface area contributed by atoms with E-state index in [1.165, 1.54) is 24.1 Å². The largest absolute Gasteiger partial charge is 0.495 e. The van der Waals surface area contributed by atoms with Crippen LogP contribution in [0.4, 0.5) is 5.69 Å². The van der Waals surface area contributed by atoms with Crippen LogP contribution in [0.5, 0.6) is 5.75 Å². The number of carbonyl (C=O) groups excluding carboxylic acids is 2. The van der Waals surface area contributed by atoms with Gasteiger partial charge in [-0.2, -0.15) is 0 Å². The summed E-state index contributed by atoms with van der Waals surface area (Å²) in [4.78, 5) is 29.0. The molecule has 0 aliphatic heterocycles. The van der Waals surface area contributed by atoms with Gasteiger partial charge in [0.2, 0.25) is 11.8 Å². The lowest BCUT2D eigenvalue weighted by molar-refractivity contribution is -0.140. The van der Waals surface area contributed by atoms with Crippen molar-refractivity contribution in [2.24, 2.45) is 0 Å². The molecule has 220 valence electrons. The van der Waals surface area contributed by atoms with Crippen molar-refractivity contribution in [1.29, 1.82) is 0 Å². The number of nitrogens with zero attached hydrogens (tertiary/aromatic N) is 2. The molecule has 2 amide bonds. The number of ether oxygens (including phenoxy) is 1. The smallest absolute Gasteiger partial charge is 0.264 e. The van der Waals surface area contributed by atoms with E-state index in [0.29, 0.717) is 12.2 Å². The van der Waals surface area contributed by atoms with Crippen LogP contribution in [0.3, 0.4) is 0 Å². The summed E-state index contributed by atoms with van der Waals surface area (Å²) >= 11 is 0. The van der Waals surface area contributed by atoms with Gasteiger partial charge in [0.15, 0.2) is 0 Å². The van der Waals surface area contributed by atoms with Crippen molar-refractivity contribution in [3.8, 4) is 5.75 Å². The summed E-state index contributed by atoms with van der Waals surface area (Å²) < 4.78 is 34.9. The highest BCUT2D eigenvalue weighted by Gasteiger charge is 2.35. The van der Waals surface area contributed by atoms with Gasteiger partial charge in [0.1, 0.15) is 18.3 Å². The topological polar surface area (TPSA) is 96.0 Å². The Kier molecular flexibility index (Phi) is 10.6. The number of anilines is 1. The van der Waals surface area contributed by atoms with Gasteiger partial charge in [-0.05, 0) is 76.4 Å². The number of aryl methyl sites for hydroxylation is 3. The third-order valence-electron chi connectivity index (χ3n) is 6.74. The Bertz CT molecular complexity index is 1470. The summed E-state index contributed by atoms with van der Waals surface area (Å²) in [6, 6.07) is 18.5. The molecule has 3 rings (SSSR count). The van der Waals surface area contributed by atoms with Crippen LogP contribution in [-0.2, 0) is 26.2 Å². The second kappa shape index (κ2) is 13.7. The molecular formula is C32H41N3O5S. The number of rotatable bonds is 12. The van der Waals surface area contributed by atoms with Gasteiger partial charge in [-0.25, -0.2) is 8.42 Å². The fourth-order valence-electron chi connectivity index (χ4n) is 4.65. The van der Waals surface area contributed by atoms with Crippen molar-refractivity contribution in [3.05, 3.63) is 89.0 Å². The quantitative estimate of drug-likeness (QED) is 0.320. The summed E-state index contributed by atoms with van der Waals surface area (Å²) in [7, 11) is -2.74. The van der Waals surface area contributed by atoms with Crippen molar-refractivity contribution in [2.75, 3.05) is 18.0 Å². The van der Waals surface area contributed by atoms with Crippen LogP contribution in [-0.4, -0.2) is 50.9 Å². The Hall–Kier alpha value is -3.85. The zero-order chi connectivity index (χ0) is 30.3. The van der Waals surface area contributed by atoms with Crippen molar-refractivity contribution in [1.82, 2.24) is 10.2 Å². The van der Waals surface area contributed by atoms with E-state index in [-0.39, 0.29) is 29.1 Å². The van der Waals surface area contributed by atoms with Crippen LogP contribution >= 0.6 is 0 Å². The maximum atomic E-state index is 14.2. The number of hydrogen-bond donors (Lipinski definition) is 1. The third-order valence-corrected chi connectivity index (χ3v) is 8.52. The monoisotopic (exact) mass is 579 g/mol. The van der Waals surface area contributed by atoms with Crippen molar-refractivity contribution in [2.45, 2.75) is 71.5 Å². The van der Waals surface area contributed by atoms with Crippen LogP contribution in [0, 0.1) is 20.8 Å². The molecule has 8 nitrogen and oxygen atoms in total. The van der Waals surface area contributed by atoms with E-state index in [1.54, 1.807) is 24.3 Å². The van der Waals surface area contributed by atoms with Gasteiger partial charge in [0.25, 0.3) is 10.0 Å². The highest BCUT2D eigenvalue weighted by molar-refractivity contribution is 7.92. The van der Waals surface area contributed by atoms with Gasteiger partial charge < -0.3 is 15.0 Å². The highest BCUT2D eigenvalue weighted by Crippen LogP contribution is 2.34. The lowest BCUT2D eigenvalue weighted by Gasteiger charge is -2.34. The van der Waals surface area contributed by atoms with E-state index < -0.39 is 28.5 Å². The maximum Gasteiger partial charge on any atom is 0.264 e. The summed E-state index contributed by atoms with van der Waals surface area (Å²) in [5.74, 6) is -0.477. The molecule has 0 heterocycles. The molecule has 9 heteroatoms. The minimum absolute atomic E-state index is 0.0503. The second-order valence-corrected chi connectivity index (χ2v) is 12.5. The summed E-state index contributed by atoms with van der Waals surface area (Å²) in [5.41, 5.74) is 3.82. The van der Waals surface area contributed by atoms with Gasteiger partial charge in [0, 0.05) is 12.6 Å². The number of hydrogen-bond acceptors (Lipinski definition) is 5. The molecular weight excluding hydrogens is 538 g/mol. The van der Waals surface area contributed by atoms with Gasteiger partial charge in [-0.15, -0.1) is 0 Å². The number of carbonyl (C=O) groups is 2. The molecule has 3 aromatic rings.